The Labute approximate surface area is 80.9 Å². The van der Waals surface area contributed by atoms with Crippen LogP contribution in [-0.4, -0.2) is 14.1 Å². The number of rotatable bonds is 1. The van der Waals surface area contributed by atoms with Gasteiger partial charge in [-0.05, 0) is 14.1 Å². The molecule has 1 rings (SSSR count). The summed E-state index contributed by atoms with van der Waals surface area (Å²) in [6.07, 6.45) is 0. The maximum atomic E-state index is 2.20. The molecule has 0 saturated heterocycles. The minimum Gasteiger partial charge on any atom is -0.429 e. The van der Waals surface area contributed by atoms with Gasteiger partial charge in [0.15, 0.2) is 0 Å². The maximum absolute atomic E-state index is 2.20. The van der Waals surface area contributed by atoms with Crippen LogP contribution in [0.4, 0.5) is 5.69 Å². The average Bonchev–Trinajstić information content (AvgIpc) is 2.13. The van der Waals surface area contributed by atoms with Gasteiger partial charge in [-0.2, -0.15) is 23.3 Å². The van der Waals surface area contributed by atoms with E-state index in [9.17, 15) is 0 Å². The number of nitrogens with zero attached hydrogens (tertiary/aromatic N) is 1. The van der Waals surface area contributed by atoms with Crippen molar-refractivity contribution >= 4 is 5.69 Å². The molecule has 0 aliphatic rings. The van der Waals surface area contributed by atoms with Crippen LogP contribution >= 0.6 is 0 Å². The van der Waals surface area contributed by atoms with E-state index in [1.54, 1.807) is 0 Å². The Hall–Kier alpha value is -0.253. The first-order valence-electron chi connectivity index (χ1n) is 3.52. The van der Waals surface area contributed by atoms with Crippen molar-refractivity contribution in [3.63, 3.8) is 0 Å². The predicted molar refractivity (Wildman–Crippen MR) is 45.8 cm³/mol. The minimum atomic E-state index is 0. The van der Waals surface area contributed by atoms with E-state index in [0.29, 0.717) is 0 Å². The number of hydrogen-bond acceptors (Lipinski definition) is 1. The van der Waals surface area contributed by atoms with Crippen LogP contribution in [0.1, 0.15) is 11.1 Å². The molecule has 1 aromatic carbocycles. The molecule has 0 N–H and O–H groups in total. The quantitative estimate of drug-likeness (QED) is 0.363. The topological polar surface area (TPSA) is 3.24 Å². The molecule has 2 heteroatoms. The zero-order valence-corrected chi connectivity index (χ0v) is 8.10. The van der Waals surface area contributed by atoms with E-state index < -0.39 is 0 Å². The number of anilines is 1. The zero-order chi connectivity index (χ0) is 7.72. The van der Waals surface area contributed by atoms with Crippen LogP contribution in [-0.2, 0) is 0 Å². The van der Waals surface area contributed by atoms with E-state index in [1.165, 1.54) is 16.8 Å². The molecule has 1 aromatic rings. The van der Waals surface area contributed by atoms with Gasteiger partial charge in [0.1, 0.15) is 0 Å². The average molecular weight is 143 g/mol. The molecule has 0 bridgehead atoms. The molecule has 1 nitrogen and oxygen atoms in total. The van der Waals surface area contributed by atoms with Gasteiger partial charge < -0.3 is 4.90 Å². The fourth-order valence-corrected chi connectivity index (χ4v) is 0.971. The Kier molecular flexibility index (Phi) is 3.86. The first kappa shape index (κ1) is 10.7. The van der Waals surface area contributed by atoms with Crippen molar-refractivity contribution in [3.8, 4) is 0 Å². The summed E-state index contributed by atoms with van der Waals surface area (Å²) in [6, 6.07) is 4.41. The summed E-state index contributed by atoms with van der Waals surface area (Å²) in [5.41, 5.74) is 4.06. The summed E-state index contributed by atoms with van der Waals surface area (Å²) in [6.45, 7) is 4.28. The molecule has 0 fully saturated rings. The summed E-state index contributed by atoms with van der Waals surface area (Å²) >= 11 is 0. The molecule has 0 aromatic heterocycles. The van der Waals surface area contributed by atoms with Crippen molar-refractivity contribution < 1.29 is 18.9 Å². The maximum Gasteiger partial charge on any atom is 1.00 e. The van der Waals surface area contributed by atoms with E-state index in [0.717, 1.165) is 0 Å². The van der Waals surface area contributed by atoms with Crippen molar-refractivity contribution in [2.75, 3.05) is 19.0 Å². The molecule has 0 atom stereocenters. The Bertz CT molecular complexity index is 206. The minimum absolute atomic E-state index is 0. The first-order chi connectivity index (χ1) is 4.61. The van der Waals surface area contributed by atoms with Crippen LogP contribution < -0.4 is 23.8 Å². The van der Waals surface area contributed by atoms with E-state index in [1.807, 2.05) is 0 Å². The SMILES string of the molecule is Cc1c[c-](N(C)C)cc1C.[Li+]. The van der Waals surface area contributed by atoms with Gasteiger partial charge in [0.2, 0.25) is 0 Å². The van der Waals surface area contributed by atoms with Gasteiger partial charge in [-0.3, -0.25) is 0 Å². The molecule has 0 amide bonds. The fraction of sp³-hybridized carbons (Fsp3) is 0.444. The predicted octanol–water partition coefficient (Wildman–Crippen LogP) is -0.908. The molecule has 0 aliphatic carbocycles. The molecule has 0 heterocycles. The van der Waals surface area contributed by atoms with Crippen molar-refractivity contribution in [2.45, 2.75) is 13.8 Å². The largest absolute Gasteiger partial charge is 1.00 e. The molecule has 11 heavy (non-hydrogen) atoms. The molecular formula is C9H14LiN. The van der Waals surface area contributed by atoms with E-state index in [-0.39, 0.29) is 18.9 Å². The van der Waals surface area contributed by atoms with Crippen molar-refractivity contribution in [1.29, 1.82) is 0 Å². The molecule has 0 radical (unpaired) electrons. The summed E-state index contributed by atoms with van der Waals surface area (Å²) in [7, 11) is 4.13. The Balaban J connectivity index is 0.000001000. The summed E-state index contributed by atoms with van der Waals surface area (Å²) in [5, 5.41) is 0. The van der Waals surface area contributed by atoms with Crippen molar-refractivity contribution in [1.82, 2.24) is 0 Å². The monoisotopic (exact) mass is 143 g/mol. The fourth-order valence-electron chi connectivity index (χ4n) is 0.971. The van der Waals surface area contributed by atoms with Crippen molar-refractivity contribution in [2.24, 2.45) is 0 Å². The molecule has 0 aliphatic heterocycles. The smallest absolute Gasteiger partial charge is 0.429 e. The first-order valence-corrected chi connectivity index (χ1v) is 3.52. The van der Waals surface area contributed by atoms with Crippen LogP contribution in [0.5, 0.6) is 0 Å². The third kappa shape index (κ3) is 2.36. The van der Waals surface area contributed by atoms with Gasteiger partial charge in [-0.1, -0.05) is 19.5 Å². The summed E-state index contributed by atoms with van der Waals surface area (Å²) < 4.78 is 0. The number of aryl methyl sites for hydroxylation is 2. The van der Waals surface area contributed by atoms with Crippen molar-refractivity contribution in [3.05, 3.63) is 23.3 Å². The van der Waals surface area contributed by atoms with Gasteiger partial charge in [0.05, 0.1) is 0 Å². The Morgan fingerprint density at radius 3 is 1.64 bits per heavy atom. The molecule has 0 spiro atoms. The van der Waals surface area contributed by atoms with Gasteiger partial charge in [0.25, 0.3) is 0 Å². The molecule has 0 saturated carbocycles. The van der Waals surface area contributed by atoms with Crippen LogP contribution in [0.15, 0.2) is 12.1 Å². The molecule has 56 valence electrons. The second-order valence-electron chi connectivity index (χ2n) is 2.97. The summed E-state index contributed by atoms with van der Waals surface area (Å²) in [5.74, 6) is 0. The normalized spacial score (nSPS) is 9.09. The zero-order valence-electron chi connectivity index (χ0n) is 8.10. The Morgan fingerprint density at radius 2 is 1.45 bits per heavy atom. The number of hydrogen-bond donors (Lipinski definition) is 0. The summed E-state index contributed by atoms with van der Waals surface area (Å²) in [4.78, 5) is 2.12. The second kappa shape index (κ2) is 3.95. The van der Waals surface area contributed by atoms with Gasteiger partial charge in [-0.15, -0.1) is 0 Å². The van der Waals surface area contributed by atoms with E-state index in [4.69, 9.17) is 0 Å². The van der Waals surface area contributed by atoms with Crippen LogP contribution in [0.25, 0.3) is 0 Å². The standard InChI is InChI=1S/C9H14N.Li/c1-7-5-9(10(3)4)6-8(7)2;/h5-6H,1-4H3;/q-1;+1. The Morgan fingerprint density at radius 1 is 1.09 bits per heavy atom. The van der Waals surface area contributed by atoms with E-state index >= 15 is 0 Å². The van der Waals surface area contributed by atoms with Crippen LogP contribution in [0, 0.1) is 13.8 Å². The van der Waals surface area contributed by atoms with Crippen LogP contribution in [0.2, 0.25) is 0 Å². The van der Waals surface area contributed by atoms with Gasteiger partial charge in [0, 0.05) is 0 Å². The molecular weight excluding hydrogens is 129 g/mol. The molecule has 0 unspecified atom stereocenters. The second-order valence-corrected chi connectivity index (χ2v) is 2.97. The van der Waals surface area contributed by atoms with Crippen LogP contribution in [0.3, 0.4) is 0 Å². The third-order valence-corrected chi connectivity index (χ3v) is 1.87. The third-order valence-electron chi connectivity index (χ3n) is 1.87. The van der Waals surface area contributed by atoms with Gasteiger partial charge >= 0.3 is 18.9 Å². The van der Waals surface area contributed by atoms with Gasteiger partial charge in [-0.25, -0.2) is 0 Å². The van der Waals surface area contributed by atoms with E-state index in [2.05, 4.69) is 45.0 Å².